The summed E-state index contributed by atoms with van der Waals surface area (Å²) in [6.45, 7) is 11.6. The van der Waals surface area contributed by atoms with Gasteiger partial charge in [0.2, 0.25) is 0 Å². The van der Waals surface area contributed by atoms with Crippen LogP contribution in [0.5, 0.6) is 0 Å². The normalized spacial score (nSPS) is 29.7. The molecule has 0 unspecified atom stereocenters. The molecule has 4 heteroatoms. The van der Waals surface area contributed by atoms with Gasteiger partial charge >= 0.3 is 204 Å². The van der Waals surface area contributed by atoms with E-state index in [-0.39, 0.29) is 17.3 Å². The summed E-state index contributed by atoms with van der Waals surface area (Å²) < 4.78 is 12.6. The number of hydrogen-bond donors (Lipinski definition) is 1. The van der Waals surface area contributed by atoms with Crippen LogP contribution < -0.4 is 0 Å². The molecule has 3 atom stereocenters. The Balaban J connectivity index is 2.51. The molecule has 186 valence electrons. The van der Waals surface area contributed by atoms with Crippen LogP contribution in [0.25, 0.3) is 0 Å². The summed E-state index contributed by atoms with van der Waals surface area (Å²) in [6.07, 6.45) is 14.5. The van der Waals surface area contributed by atoms with E-state index in [2.05, 4.69) is 31.8 Å². The Labute approximate surface area is 203 Å². The van der Waals surface area contributed by atoms with Gasteiger partial charge in [0.05, 0.1) is 0 Å². The summed E-state index contributed by atoms with van der Waals surface area (Å²) in [7, 11) is 0. The molecule has 0 aromatic heterocycles. The Morgan fingerprint density at radius 3 is 2.09 bits per heavy atom. The zero-order valence-corrected chi connectivity index (χ0v) is 24.8. The van der Waals surface area contributed by atoms with Gasteiger partial charge in [-0.2, -0.15) is 0 Å². The number of unbranched alkanes of at least 4 members (excludes halogenated alkanes) is 3. The number of esters is 1. The van der Waals surface area contributed by atoms with Crippen LogP contribution >= 0.6 is 0 Å². The fourth-order valence-electron chi connectivity index (χ4n) is 6.73. The standard InChI is InChI=1S/C16H25O3.3C4H9.Sn/c1-4-19-14(17)10-13-12(2)11-16(18)9-7-5-6-8-15(13,16)3;3*1-3-4-2;/h2,13,18H,4-11H2,1,3H3;3*1,3-4H2,2H3;/t13-,15+,16-;;;;/m0..../s1. The number of ether oxygens (including phenoxy) is 1. The Kier molecular flexibility index (Phi) is 11.6. The van der Waals surface area contributed by atoms with Crippen molar-refractivity contribution in [2.45, 2.75) is 137 Å². The summed E-state index contributed by atoms with van der Waals surface area (Å²) in [5, 5.41) is 12.0. The van der Waals surface area contributed by atoms with Crippen LogP contribution in [0.3, 0.4) is 0 Å². The third kappa shape index (κ3) is 6.77. The van der Waals surface area contributed by atoms with Gasteiger partial charge in [-0.3, -0.25) is 0 Å². The van der Waals surface area contributed by atoms with E-state index in [0.29, 0.717) is 13.0 Å². The summed E-state index contributed by atoms with van der Waals surface area (Å²) in [5.74, 6) is 0.0835. The van der Waals surface area contributed by atoms with Crippen LogP contribution in [-0.4, -0.2) is 41.7 Å². The zero-order chi connectivity index (χ0) is 23.7. The molecular formula is C28H52O3Sn. The van der Waals surface area contributed by atoms with E-state index in [1.165, 1.54) is 70.2 Å². The summed E-state index contributed by atoms with van der Waals surface area (Å²) in [4.78, 5) is 12.7. The molecule has 0 bridgehead atoms. The average Bonchev–Trinajstić information content (AvgIpc) is 2.86. The van der Waals surface area contributed by atoms with Gasteiger partial charge in [0, 0.05) is 0 Å². The van der Waals surface area contributed by atoms with Gasteiger partial charge in [-0.1, -0.05) is 0 Å². The molecule has 32 heavy (non-hydrogen) atoms. The van der Waals surface area contributed by atoms with Crippen LogP contribution in [0.15, 0.2) is 9.67 Å². The second-order valence-corrected chi connectivity index (χ2v) is 24.0. The second kappa shape index (κ2) is 13.2. The van der Waals surface area contributed by atoms with E-state index in [4.69, 9.17) is 4.74 Å². The second-order valence-electron chi connectivity index (χ2n) is 11.1. The fourth-order valence-corrected chi connectivity index (χ4v) is 22.3. The minimum absolute atomic E-state index is 0.0744. The third-order valence-corrected chi connectivity index (χ3v) is 23.2. The molecule has 3 nitrogen and oxygen atoms in total. The maximum atomic E-state index is 12.7. The van der Waals surface area contributed by atoms with Gasteiger partial charge in [-0.15, -0.1) is 0 Å². The first-order valence-corrected chi connectivity index (χ1v) is 21.6. The molecule has 0 amide bonds. The van der Waals surface area contributed by atoms with E-state index in [9.17, 15) is 9.90 Å². The third-order valence-electron chi connectivity index (χ3n) is 8.82. The van der Waals surface area contributed by atoms with E-state index in [0.717, 1.165) is 25.7 Å². The predicted molar refractivity (Wildman–Crippen MR) is 138 cm³/mol. The first-order chi connectivity index (χ1) is 15.3. The van der Waals surface area contributed by atoms with Crippen molar-refractivity contribution in [3.05, 3.63) is 9.67 Å². The molecule has 0 heterocycles. The molecule has 2 aliphatic rings. The van der Waals surface area contributed by atoms with E-state index >= 15 is 0 Å². The molecular weight excluding hydrogens is 503 g/mol. The zero-order valence-electron chi connectivity index (χ0n) is 21.9. The molecule has 2 aliphatic carbocycles. The van der Waals surface area contributed by atoms with Crippen molar-refractivity contribution in [2.75, 3.05) is 6.61 Å². The molecule has 1 N–H and O–H groups in total. The van der Waals surface area contributed by atoms with Gasteiger partial charge in [0.15, 0.2) is 0 Å². The maximum absolute atomic E-state index is 12.7. The summed E-state index contributed by atoms with van der Waals surface area (Å²) in [5.41, 5.74) is 0.619. The van der Waals surface area contributed by atoms with Gasteiger partial charge in [-0.05, 0) is 0 Å². The van der Waals surface area contributed by atoms with Crippen molar-refractivity contribution in [2.24, 2.45) is 11.3 Å². The van der Waals surface area contributed by atoms with Crippen LogP contribution in [0.1, 0.15) is 118 Å². The average molecular weight is 555 g/mol. The van der Waals surface area contributed by atoms with Crippen LogP contribution in [-0.2, 0) is 9.53 Å². The Morgan fingerprint density at radius 2 is 1.56 bits per heavy atom. The monoisotopic (exact) mass is 556 g/mol. The summed E-state index contributed by atoms with van der Waals surface area (Å²) >= 11 is -2.53. The van der Waals surface area contributed by atoms with Crippen molar-refractivity contribution < 1.29 is 14.6 Å². The summed E-state index contributed by atoms with van der Waals surface area (Å²) in [6, 6.07) is 0. The van der Waals surface area contributed by atoms with Crippen molar-refractivity contribution in [1.82, 2.24) is 0 Å². The van der Waals surface area contributed by atoms with E-state index < -0.39 is 24.0 Å². The molecule has 0 radical (unpaired) electrons. The quantitative estimate of drug-likeness (QED) is 0.185. The first-order valence-electron chi connectivity index (χ1n) is 13.9. The Bertz CT molecular complexity index is 594. The molecule has 0 aromatic rings. The molecule has 2 rings (SSSR count). The van der Waals surface area contributed by atoms with Gasteiger partial charge < -0.3 is 0 Å². The number of fused-ring (bicyclic) bond motifs is 1. The van der Waals surface area contributed by atoms with Crippen LogP contribution in [0, 0.1) is 11.3 Å². The molecule has 2 fully saturated rings. The van der Waals surface area contributed by atoms with Gasteiger partial charge in [0.25, 0.3) is 0 Å². The first kappa shape index (κ1) is 28.2. The van der Waals surface area contributed by atoms with E-state index in [1.807, 2.05) is 6.92 Å². The van der Waals surface area contributed by atoms with Crippen LogP contribution in [0.2, 0.25) is 13.3 Å². The number of hydrogen-bond acceptors (Lipinski definition) is 3. The van der Waals surface area contributed by atoms with Crippen molar-refractivity contribution in [1.29, 1.82) is 0 Å². The Morgan fingerprint density at radius 1 is 1.00 bits per heavy atom. The molecule has 2 saturated carbocycles. The SMILES string of the molecule is CCC[CH2][Sn](/[CH]=C1\C[C@@]2(O)CCCCC[C@]2(C)[C@H]1CC(=O)OCC)([CH2]CCC)[CH2]CCC. The number of carbonyl (C=O) groups excluding carboxylic acids is 1. The van der Waals surface area contributed by atoms with Gasteiger partial charge in [0.1, 0.15) is 0 Å². The number of rotatable bonds is 13. The number of aliphatic hydroxyl groups is 1. The van der Waals surface area contributed by atoms with Crippen molar-refractivity contribution in [3.8, 4) is 0 Å². The molecule has 0 aromatic carbocycles. The minimum atomic E-state index is -2.53. The fraction of sp³-hybridized carbons (Fsp3) is 0.893. The Hall–Kier alpha value is -0.0313. The van der Waals surface area contributed by atoms with Crippen molar-refractivity contribution in [3.63, 3.8) is 0 Å². The van der Waals surface area contributed by atoms with Crippen LogP contribution in [0.4, 0.5) is 0 Å². The van der Waals surface area contributed by atoms with E-state index in [1.54, 1.807) is 0 Å². The molecule has 0 spiro atoms. The van der Waals surface area contributed by atoms with Gasteiger partial charge in [-0.25, -0.2) is 0 Å². The molecule has 0 saturated heterocycles. The van der Waals surface area contributed by atoms with Crippen molar-refractivity contribution >= 4 is 24.3 Å². The topological polar surface area (TPSA) is 46.5 Å². The number of carbonyl (C=O) groups is 1. The predicted octanol–water partition coefficient (Wildman–Crippen LogP) is 7.98. The molecule has 0 aliphatic heterocycles.